The highest BCUT2D eigenvalue weighted by atomic mass is 35.5. The van der Waals surface area contributed by atoms with E-state index in [0.29, 0.717) is 17.4 Å². The number of hydrogen-bond donors (Lipinski definition) is 0. The molecule has 0 aliphatic rings. The van der Waals surface area contributed by atoms with Gasteiger partial charge in [-0.1, -0.05) is 28.8 Å². The molecule has 8 heteroatoms. The van der Waals surface area contributed by atoms with Gasteiger partial charge in [-0.05, 0) is 43.3 Å². The molecule has 2 heterocycles. The Morgan fingerprint density at radius 2 is 1.67 bits per heavy atom. The van der Waals surface area contributed by atoms with Crippen LogP contribution in [0.25, 0.3) is 28.3 Å². The van der Waals surface area contributed by atoms with Crippen LogP contribution in [-0.2, 0) is 0 Å². The van der Waals surface area contributed by atoms with E-state index in [9.17, 15) is 0 Å². The Morgan fingerprint density at radius 3 is 2.33 bits per heavy atom. The minimum Gasteiger partial charge on any atom is -0.497 e. The largest absolute Gasteiger partial charge is 0.497 e. The SMILES string of the molecule is CCOc1nnc2nc(-c3ccc(OC)cc3)c(-c3ccc(Cl)cc3)n2n1. The van der Waals surface area contributed by atoms with Crippen molar-refractivity contribution in [3.63, 3.8) is 0 Å². The lowest BCUT2D eigenvalue weighted by molar-refractivity contribution is 0.301. The second-order valence-electron chi connectivity index (χ2n) is 5.67. The highest BCUT2D eigenvalue weighted by molar-refractivity contribution is 6.30. The Balaban J connectivity index is 1.95. The summed E-state index contributed by atoms with van der Waals surface area (Å²) in [5, 5.41) is 13.2. The molecule has 2 aromatic heterocycles. The fourth-order valence-corrected chi connectivity index (χ4v) is 2.88. The van der Waals surface area contributed by atoms with Crippen molar-refractivity contribution >= 4 is 17.4 Å². The first-order chi connectivity index (χ1) is 13.2. The summed E-state index contributed by atoms with van der Waals surface area (Å²) in [6, 6.07) is 15.3. The van der Waals surface area contributed by atoms with Crippen molar-refractivity contribution < 1.29 is 9.47 Å². The topological polar surface area (TPSA) is 74.4 Å². The average Bonchev–Trinajstić information content (AvgIpc) is 3.08. The quantitative estimate of drug-likeness (QED) is 0.521. The van der Waals surface area contributed by atoms with Crippen LogP contribution in [0.15, 0.2) is 48.5 Å². The zero-order valence-electron chi connectivity index (χ0n) is 14.8. The lowest BCUT2D eigenvalue weighted by Gasteiger charge is -2.06. The van der Waals surface area contributed by atoms with Crippen LogP contribution in [0.4, 0.5) is 0 Å². The predicted octanol–water partition coefficient (Wildman–Crippen LogP) is 3.91. The van der Waals surface area contributed by atoms with Crippen LogP contribution >= 0.6 is 11.6 Å². The summed E-state index contributed by atoms with van der Waals surface area (Å²) in [6.45, 7) is 2.31. The number of fused-ring (bicyclic) bond motifs is 1. The maximum atomic E-state index is 6.05. The highest BCUT2D eigenvalue weighted by Crippen LogP contribution is 2.33. The van der Waals surface area contributed by atoms with Gasteiger partial charge >= 0.3 is 6.01 Å². The summed E-state index contributed by atoms with van der Waals surface area (Å²) in [5.41, 5.74) is 3.32. The normalized spacial score (nSPS) is 10.9. The van der Waals surface area contributed by atoms with Crippen molar-refractivity contribution in [3.8, 4) is 34.3 Å². The van der Waals surface area contributed by atoms with E-state index in [1.807, 2.05) is 55.5 Å². The maximum absolute atomic E-state index is 6.05. The van der Waals surface area contributed by atoms with Crippen molar-refractivity contribution in [2.75, 3.05) is 13.7 Å². The summed E-state index contributed by atoms with van der Waals surface area (Å²) < 4.78 is 12.3. The molecule has 0 atom stereocenters. The third kappa shape index (κ3) is 3.29. The first kappa shape index (κ1) is 17.2. The summed E-state index contributed by atoms with van der Waals surface area (Å²) in [5.74, 6) is 1.15. The molecule has 0 aliphatic heterocycles. The molecule has 0 saturated heterocycles. The molecule has 0 radical (unpaired) electrons. The van der Waals surface area contributed by atoms with Crippen LogP contribution in [0, 0.1) is 0 Å². The smallest absolute Gasteiger partial charge is 0.353 e. The molecule has 0 spiro atoms. The van der Waals surface area contributed by atoms with Crippen molar-refractivity contribution in [2.24, 2.45) is 0 Å². The number of methoxy groups -OCH3 is 1. The molecule has 27 heavy (non-hydrogen) atoms. The summed E-state index contributed by atoms with van der Waals surface area (Å²) in [4.78, 5) is 4.64. The minimum atomic E-state index is 0.193. The molecule has 0 unspecified atom stereocenters. The lowest BCUT2D eigenvalue weighted by atomic mass is 10.0. The average molecular weight is 382 g/mol. The molecule has 0 bridgehead atoms. The Morgan fingerprint density at radius 1 is 0.963 bits per heavy atom. The van der Waals surface area contributed by atoms with Crippen LogP contribution in [-0.4, -0.2) is 38.5 Å². The number of halogens is 1. The molecule has 4 rings (SSSR count). The van der Waals surface area contributed by atoms with Crippen LogP contribution in [0.2, 0.25) is 5.02 Å². The Hall–Kier alpha value is -3.19. The van der Waals surface area contributed by atoms with Gasteiger partial charge in [0.05, 0.1) is 13.7 Å². The summed E-state index contributed by atoms with van der Waals surface area (Å²) >= 11 is 6.05. The maximum Gasteiger partial charge on any atom is 0.353 e. The van der Waals surface area contributed by atoms with E-state index in [1.165, 1.54) is 0 Å². The third-order valence-corrected chi connectivity index (χ3v) is 4.25. The molecule has 7 nitrogen and oxygen atoms in total. The molecule has 0 amide bonds. The fraction of sp³-hybridized carbons (Fsp3) is 0.158. The van der Waals surface area contributed by atoms with E-state index < -0.39 is 0 Å². The van der Waals surface area contributed by atoms with Gasteiger partial charge in [-0.2, -0.15) is 4.52 Å². The van der Waals surface area contributed by atoms with Crippen molar-refractivity contribution in [1.82, 2.24) is 24.8 Å². The Bertz CT molecular complexity index is 1080. The van der Waals surface area contributed by atoms with Gasteiger partial charge in [0.2, 0.25) is 0 Å². The van der Waals surface area contributed by atoms with E-state index in [-0.39, 0.29) is 6.01 Å². The van der Waals surface area contributed by atoms with E-state index in [1.54, 1.807) is 11.6 Å². The van der Waals surface area contributed by atoms with Crippen molar-refractivity contribution in [1.29, 1.82) is 0 Å². The second kappa shape index (κ2) is 7.20. The van der Waals surface area contributed by atoms with Crippen LogP contribution in [0.1, 0.15) is 6.92 Å². The first-order valence-corrected chi connectivity index (χ1v) is 8.74. The highest BCUT2D eigenvalue weighted by Gasteiger charge is 2.19. The van der Waals surface area contributed by atoms with E-state index in [0.717, 1.165) is 28.3 Å². The van der Waals surface area contributed by atoms with Gasteiger partial charge < -0.3 is 9.47 Å². The van der Waals surface area contributed by atoms with Gasteiger partial charge in [-0.25, -0.2) is 4.98 Å². The Kier molecular flexibility index (Phi) is 4.60. The van der Waals surface area contributed by atoms with Gasteiger partial charge in [-0.15, -0.1) is 10.2 Å². The van der Waals surface area contributed by atoms with Gasteiger partial charge in [-0.3, -0.25) is 0 Å². The van der Waals surface area contributed by atoms with Gasteiger partial charge in [0.25, 0.3) is 5.78 Å². The minimum absolute atomic E-state index is 0.193. The monoisotopic (exact) mass is 381 g/mol. The second-order valence-corrected chi connectivity index (χ2v) is 6.11. The molecule has 0 aliphatic carbocycles. The predicted molar refractivity (Wildman–Crippen MR) is 102 cm³/mol. The number of aromatic nitrogens is 5. The molecule has 136 valence electrons. The van der Waals surface area contributed by atoms with E-state index >= 15 is 0 Å². The van der Waals surface area contributed by atoms with Crippen LogP contribution in [0.5, 0.6) is 11.8 Å². The standard InChI is InChI=1S/C19H16ClN5O2/c1-3-27-19-23-22-18-21-16(12-6-10-15(26-2)11-7-12)17(25(18)24-19)13-4-8-14(20)9-5-13/h4-11H,3H2,1-2H3. The number of nitrogens with zero attached hydrogens (tertiary/aromatic N) is 5. The molecule has 2 aromatic carbocycles. The molecule has 0 N–H and O–H groups in total. The Labute approximate surface area is 160 Å². The zero-order chi connectivity index (χ0) is 18.8. The molecule has 0 saturated carbocycles. The third-order valence-electron chi connectivity index (χ3n) is 4.00. The first-order valence-electron chi connectivity index (χ1n) is 8.36. The van der Waals surface area contributed by atoms with Gasteiger partial charge in [0.1, 0.15) is 17.1 Å². The summed E-state index contributed by atoms with van der Waals surface area (Å²) in [6.07, 6.45) is 0. The van der Waals surface area contributed by atoms with Crippen molar-refractivity contribution in [3.05, 3.63) is 53.6 Å². The van der Waals surface area contributed by atoms with Crippen LogP contribution < -0.4 is 9.47 Å². The number of hydrogen-bond acceptors (Lipinski definition) is 6. The molecular formula is C19H16ClN5O2. The fourth-order valence-electron chi connectivity index (χ4n) is 2.76. The number of ether oxygens (including phenoxy) is 2. The molecule has 0 fully saturated rings. The van der Waals surface area contributed by atoms with E-state index in [4.69, 9.17) is 21.1 Å². The summed E-state index contributed by atoms with van der Waals surface area (Å²) in [7, 11) is 1.63. The zero-order valence-corrected chi connectivity index (χ0v) is 15.5. The number of imidazole rings is 1. The van der Waals surface area contributed by atoms with E-state index in [2.05, 4.69) is 20.3 Å². The van der Waals surface area contributed by atoms with Gasteiger partial charge in [0, 0.05) is 16.1 Å². The van der Waals surface area contributed by atoms with Crippen molar-refractivity contribution in [2.45, 2.75) is 6.92 Å². The molecule has 4 aromatic rings. The van der Waals surface area contributed by atoms with Gasteiger partial charge in [0.15, 0.2) is 0 Å². The number of benzene rings is 2. The molecular weight excluding hydrogens is 366 g/mol. The lowest BCUT2D eigenvalue weighted by Crippen LogP contribution is -2.05. The van der Waals surface area contributed by atoms with Crippen LogP contribution in [0.3, 0.4) is 0 Å². The number of rotatable bonds is 5.